The van der Waals surface area contributed by atoms with Crippen LogP contribution in [0.15, 0.2) is 12.1 Å². The first kappa shape index (κ1) is 8.78. The Morgan fingerprint density at radius 2 is 2.30 bits per heavy atom. The van der Waals surface area contributed by atoms with Crippen LogP contribution < -0.4 is 0 Å². The minimum atomic E-state index is 0.223. The summed E-state index contributed by atoms with van der Waals surface area (Å²) in [6.07, 6.45) is 0. The van der Waals surface area contributed by atoms with Gasteiger partial charge in [-0.25, -0.2) is 0 Å². The van der Waals surface area contributed by atoms with E-state index in [1.165, 1.54) is 4.88 Å². The lowest BCUT2D eigenvalue weighted by Crippen LogP contribution is -1.85. The van der Waals surface area contributed by atoms with Crippen LogP contribution >= 0.6 is 48.2 Å². The van der Waals surface area contributed by atoms with Gasteiger partial charge in [0.2, 0.25) is 0 Å². The third-order valence-corrected chi connectivity index (χ3v) is 3.73. The topological polar surface area (TPSA) is 0 Å². The molecule has 0 aliphatic carbocycles. The second-order valence-corrected chi connectivity index (χ2v) is 4.58. The molecule has 0 saturated heterocycles. The van der Waals surface area contributed by atoms with E-state index in [9.17, 15) is 0 Å². The molecule has 0 radical (unpaired) electrons. The van der Waals surface area contributed by atoms with E-state index in [-0.39, 0.29) is 5.25 Å². The van der Waals surface area contributed by atoms with Crippen LogP contribution in [0.2, 0.25) is 4.34 Å². The van der Waals surface area contributed by atoms with Crippen molar-refractivity contribution in [2.24, 2.45) is 0 Å². The SMILES string of the molecule is SCC(S)c1ccc(Cl)s1. The molecule has 0 N–H and O–H groups in total. The van der Waals surface area contributed by atoms with Crippen molar-refractivity contribution in [1.82, 2.24) is 0 Å². The molecule has 0 fully saturated rings. The van der Waals surface area contributed by atoms with E-state index in [0.717, 1.165) is 10.1 Å². The number of halogens is 1. The van der Waals surface area contributed by atoms with Crippen molar-refractivity contribution < 1.29 is 0 Å². The fourth-order valence-corrected chi connectivity index (χ4v) is 2.21. The highest BCUT2D eigenvalue weighted by Crippen LogP contribution is 2.30. The van der Waals surface area contributed by atoms with Crippen molar-refractivity contribution in [3.8, 4) is 0 Å². The first-order chi connectivity index (χ1) is 4.74. The monoisotopic (exact) mass is 210 g/mol. The van der Waals surface area contributed by atoms with Gasteiger partial charge in [0.1, 0.15) is 0 Å². The molecule has 0 bridgehead atoms. The minimum absolute atomic E-state index is 0.223. The highest BCUT2D eigenvalue weighted by atomic mass is 35.5. The Morgan fingerprint density at radius 3 is 2.70 bits per heavy atom. The average Bonchev–Trinajstić information content (AvgIpc) is 2.34. The number of hydrogen-bond donors (Lipinski definition) is 2. The van der Waals surface area contributed by atoms with Crippen molar-refractivity contribution in [2.45, 2.75) is 5.25 Å². The average molecular weight is 211 g/mol. The van der Waals surface area contributed by atoms with Gasteiger partial charge in [0.25, 0.3) is 0 Å². The first-order valence-electron chi connectivity index (χ1n) is 2.78. The number of thiophene rings is 1. The van der Waals surface area contributed by atoms with Gasteiger partial charge in [0.15, 0.2) is 0 Å². The third-order valence-electron chi connectivity index (χ3n) is 1.10. The number of rotatable bonds is 2. The molecule has 1 rings (SSSR count). The van der Waals surface area contributed by atoms with Gasteiger partial charge in [-0.1, -0.05) is 11.6 Å². The summed E-state index contributed by atoms with van der Waals surface area (Å²) in [6, 6.07) is 3.87. The Morgan fingerprint density at radius 1 is 1.60 bits per heavy atom. The second kappa shape index (κ2) is 3.90. The fraction of sp³-hybridized carbons (Fsp3) is 0.333. The van der Waals surface area contributed by atoms with Crippen molar-refractivity contribution in [2.75, 3.05) is 5.75 Å². The Balaban J connectivity index is 2.74. The van der Waals surface area contributed by atoms with Gasteiger partial charge >= 0.3 is 0 Å². The maximum absolute atomic E-state index is 5.72. The number of thiol groups is 2. The molecule has 1 aromatic heterocycles. The second-order valence-electron chi connectivity index (χ2n) is 1.84. The maximum atomic E-state index is 5.72. The lowest BCUT2D eigenvalue weighted by molar-refractivity contribution is 1.18. The molecule has 0 aromatic carbocycles. The fourth-order valence-electron chi connectivity index (χ4n) is 0.597. The molecule has 4 heteroatoms. The maximum Gasteiger partial charge on any atom is 0.0931 e. The van der Waals surface area contributed by atoms with Crippen LogP contribution in [0.25, 0.3) is 0 Å². The van der Waals surface area contributed by atoms with Gasteiger partial charge < -0.3 is 0 Å². The zero-order chi connectivity index (χ0) is 7.56. The van der Waals surface area contributed by atoms with Crippen LogP contribution in [-0.4, -0.2) is 5.75 Å². The van der Waals surface area contributed by atoms with Gasteiger partial charge in [-0.2, -0.15) is 25.3 Å². The zero-order valence-electron chi connectivity index (χ0n) is 5.12. The summed E-state index contributed by atoms with van der Waals surface area (Å²) in [5, 5.41) is 0.223. The molecular formula is C6H7ClS3. The molecule has 1 aromatic rings. The standard InChI is InChI=1S/C6H7ClS3/c7-6-2-1-5(10-6)4(9)3-8/h1-2,4,8-9H,3H2. The molecular weight excluding hydrogens is 204 g/mol. The molecule has 1 heterocycles. The van der Waals surface area contributed by atoms with Crippen molar-refractivity contribution in [3.63, 3.8) is 0 Å². The Hall–Kier alpha value is 0.690. The Bertz CT molecular complexity index is 209. The number of hydrogen-bond acceptors (Lipinski definition) is 3. The molecule has 0 aliphatic heterocycles. The highest BCUT2D eigenvalue weighted by Gasteiger charge is 2.05. The normalized spacial score (nSPS) is 13.5. The summed E-state index contributed by atoms with van der Waals surface area (Å²) >= 11 is 15.7. The van der Waals surface area contributed by atoms with E-state index in [1.807, 2.05) is 12.1 Å². The molecule has 0 saturated carbocycles. The molecule has 1 unspecified atom stereocenters. The van der Waals surface area contributed by atoms with Crippen LogP contribution in [0.4, 0.5) is 0 Å². The summed E-state index contributed by atoms with van der Waals surface area (Å²) in [5.41, 5.74) is 0. The van der Waals surface area contributed by atoms with Crippen LogP contribution in [-0.2, 0) is 0 Å². The van der Waals surface area contributed by atoms with E-state index < -0.39 is 0 Å². The summed E-state index contributed by atoms with van der Waals surface area (Å²) in [4.78, 5) is 1.18. The lowest BCUT2D eigenvalue weighted by atomic mass is 10.4. The van der Waals surface area contributed by atoms with E-state index in [4.69, 9.17) is 11.6 Å². The molecule has 56 valence electrons. The van der Waals surface area contributed by atoms with Crippen LogP contribution in [0.3, 0.4) is 0 Å². The molecule has 10 heavy (non-hydrogen) atoms. The van der Waals surface area contributed by atoms with Crippen molar-refractivity contribution in [3.05, 3.63) is 21.3 Å². The zero-order valence-corrected chi connectivity index (χ0v) is 8.48. The van der Waals surface area contributed by atoms with Crippen molar-refractivity contribution in [1.29, 1.82) is 0 Å². The first-order valence-corrected chi connectivity index (χ1v) is 5.12. The molecule has 0 aliphatic rings. The van der Waals surface area contributed by atoms with Gasteiger partial charge in [0.05, 0.1) is 4.34 Å². The molecule has 0 spiro atoms. The Labute approximate surface area is 80.4 Å². The van der Waals surface area contributed by atoms with Crippen molar-refractivity contribution >= 4 is 48.2 Å². The largest absolute Gasteiger partial charge is 0.178 e. The molecule has 0 amide bonds. The summed E-state index contributed by atoms with van der Waals surface area (Å²) in [6.45, 7) is 0. The van der Waals surface area contributed by atoms with Gasteiger partial charge in [0, 0.05) is 15.9 Å². The smallest absolute Gasteiger partial charge is 0.0931 e. The van der Waals surface area contributed by atoms with E-state index in [0.29, 0.717) is 0 Å². The van der Waals surface area contributed by atoms with Gasteiger partial charge in [-0.3, -0.25) is 0 Å². The lowest BCUT2D eigenvalue weighted by Gasteiger charge is -2.00. The molecule has 0 nitrogen and oxygen atoms in total. The summed E-state index contributed by atoms with van der Waals surface area (Å²) < 4.78 is 0.816. The van der Waals surface area contributed by atoms with Crippen LogP contribution in [0.5, 0.6) is 0 Å². The van der Waals surface area contributed by atoms with Crippen LogP contribution in [0.1, 0.15) is 10.1 Å². The quantitative estimate of drug-likeness (QED) is 0.688. The van der Waals surface area contributed by atoms with Gasteiger partial charge in [-0.15, -0.1) is 11.3 Å². The van der Waals surface area contributed by atoms with E-state index in [2.05, 4.69) is 25.3 Å². The summed E-state index contributed by atoms with van der Waals surface area (Å²) in [5.74, 6) is 0.750. The van der Waals surface area contributed by atoms with Crippen LogP contribution in [0, 0.1) is 0 Å². The Kier molecular flexibility index (Phi) is 3.43. The van der Waals surface area contributed by atoms with Gasteiger partial charge in [-0.05, 0) is 12.1 Å². The summed E-state index contributed by atoms with van der Waals surface area (Å²) in [7, 11) is 0. The highest BCUT2D eigenvalue weighted by molar-refractivity contribution is 7.84. The van der Waals surface area contributed by atoms with E-state index >= 15 is 0 Å². The van der Waals surface area contributed by atoms with E-state index in [1.54, 1.807) is 11.3 Å². The predicted molar refractivity (Wildman–Crippen MR) is 54.9 cm³/mol. The third kappa shape index (κ3) is 2.09. The predicted octanol–water partition coefficient (Wildman–Crippen LogP) is 3.30. The molecule has 1 atom stereocenters. The minimum Gasteiger partial charge on any atom is -0.178 e.